The normalized spacial score (nSPS) is 16.6. The van der Waals surface area contributed by atoms with Gasteiger partial charge in [-0.1, -0.05) is 13.8 Å². The van der Waals surface area contributed by atoms with Crippen molar-refractivity contribution < 1.29 is 14.3 Å². The lowest BCUT2D eigenvalue weighted by molar-refractivity contribution is -0.120. The summed E-state index contributed by atoms with van der Waals surface area (Å²) in [5.74, 6) is 0.0121. The first-order valence-corrected chi connectivity index (χ1v) is 8.14. The van der Waals surface area contributed by atoms with Gasteiger partial charge in [-0.05, 0) is 46.7 Å². The fourth-order valence-electron chi connectivity index (χ4n) is 2.35. The summed E-state index contributed by atoms with van der Waals surface area (Å²) in [6.07, 6.45) is 1.31. The highest BCUT2D eigenvalue weighted by Gasteiger charge is 2.30. The summed E-state index contributed by atoms with van der Waals surface area (Å²) in [5, 5.41) is 6.37. The summed E-state index contributed by atoms with van der Waals surface area (Å²) in [4.78, 5) is 26.2. The molecule has 1 aliphatic rings. The first-order valence-electron chi connectivity index (χ1n) is 8.14. The highest BCUT2D eigenvalue weighted by Crippen LogP contribution is 2.17. The topological polar surface area (TPSA) is 70.7 Å². The van der Waals surface area contributed by atoms with E-state index in [1.54, 1.807) is 4.90 Å². The third-order valence-corrected chi connectivity index (χ3v) is 3.43. The number of ether oxygens (including phenoxy) is 1. The van der Waals surface area contributed by atoms with Gasteiger partial charge in [-0.15, -0.1) is 0 Å². The van der Waals surface area contributed by atoms with E-state index in [9.17, 15) is 9.59 Å². The van der Waals surface area contributed by atoms with Crippen molar-refractivity contribution in [3.8, 4) is 0 Å². The average Bonchev–Trinajstić information content (AvgIpc) is 2.41. The molecule has 6 nitrogen and oxygen atoms in total. The molecule has 0 spiro atoms. The summed E-state index contributed by atoms with van der Waals surface area (Å²) in [5.41, 5.74) is -0.554. The van der Waals surface area contributed by atoms with E-state index in [2.05, 4.69) is 10.6 Å². The maximum absolute atomic E-state index is 12.4. The lowest BCUT2D eigenvalue weighted by Crippen LogP contribution is -2.50. The zero-order valence-electron chi connectivity index (χ0n) is 14.6. The zero-order valence-corrected chi connectivity index (χ0v) is 14.6. The van der Waals surface area contributed by atoms with E-state index in [4.69, 9.17) is 4.74 Å². The van der Waals surface area contributed by atoms with Crippen molar-refractivity contribution in [2.45, 2.75) is 65.1 Å². The number of nitrogens with zero attached hydrogens (tertiary/aromatic N) is 1. The Kier molecular flexibility index (Phi) is 7.29. The molecule has 0 aliphatic carbocycles. The van der Waals surface area contributed by atoms with Gasteiger partial charge in [0.05, 0.1) is 13.1 Å². The van der Waals surface area contributed by atoms with Gasteiger partial charge < -0.3 is 15.4 Å². The molecule has 0 radical (unpaired) electrons. The molecule has 1 saturated heterocycles. The van der Waals surface area contributed by atoms with Crippen molar-refractivity contribution in [3.05, 3.63) is 0 Å². The number of ketones is 1. The zero-order chi connectivity index (χ0) is 16.8. The number of nitrogens with one attached hydrogen (secondary N) is 2. The molecule has 0 bridgehead atoms. The molecule has 0 aromatic rings. The van der Waals surface area contributed by atoms with Gasteiger partial charge in [0.2, 0.25) is 0 Å². The molecule has 1 aliphatic heterocycles. The number of carbonyl (C=O) groups is 2. The summed E-state index contributed by atoms with van der Waals surface area (Å²) in [6.45, 7) is 11.6. The predicted molar refractivity (Wildman–Crippen MR) is 87.0 cm³/mol. The molecule has 2 N–H and O–H groups in total. The molecule has 0 aromatic carbocycles. The van der Waals surface area contributed by atoms with E-state index >= 15 is 0 Å². The molecule has 0 saturated carbocycles. The number of piperidine rings is 1. The molecule has 1 amide bonds. The van der Waals surface area contributed by atoms with Gasteiger partial charge in [0.1, 0.15) is 5.60 Å². The first-order chi connectivity index (χ1) is 10.2. The number of carbonyl (C=O) groups excluding carboxylic acids is 2. The molecule has 1 rings (SSSR count). The SMILES string of the molecule is CC(C)NCC(=O)CN(C(=O)OC(C)(C)C)C1CCNCC1. The van der Waals surface area contributed by atoms with Crippen LogP contribution in [0.1, 0.15) is 47.5 Å². The van der Waals surface area contributed by atoms with E-state index in [0.717, 1.165) is 25.9 Å². The second kappa shape index (κ2) is 8.48. The molecule has 128 valence electrons. The second-order valence-corrected chi connectivity index (χ2v) is 7.16. The van der Waals surface area contributed by atoms with Gasteiger partial charge >= 0.3 is 6.09 Å². The van der Waals surface area contributed by atoms with E-state index < -0.39 is 11.7 Å². The minimum Gasteiger partial charge on any atom is -0.444 e. The van der Waals surface area contributed by atoms with Gasteiger partial charge in [-0.3, -0.25) is 9.69 Å². The van der Waals surface area contributed by atoms with Crippen LogP contribution in [0.4, 0.5) is 4.79 Å². The van der Waals surface area contributed by atoms with Crippen molar-refractivity contribution in [2.75, 3.05) is 26.2 Å². The molecular weight excluding hydrogens is 282 g/mol. The molecule has 0 unspecified atom stereocenters. The summed E-state index contributed by atoms with van der Waals surface area (Å²) < 4.78 is 5.47. The van der Waals surface area contributed by atoms with Crippen LogP contribution in [0.25, 0.3) is 0 Å². The molecule has 1 fully saturated rings. The van der Waals surface area contributed by atoms with Gasteiger partial charge in [-0.25, -0.2) is 4.79 Å². The van der Waals surface area contributed by atoms with Crippen LogP contribution in [0, 0.1) is 0 Å². The van der Waals surface area contributed by atoms with Crippen LogP contribution < -0.4 is 10.6 Å². The van der Waals surface area contributed by atoms with Crippen LogP contribution in [0.5, 0.6) is 0 Å². The Hall–Kier alpha value is -1.14. The van der Waals surface area contributed by atoms with Gasteiger partial charge in [0.15, 0.2) is 5.78 Å². The number of Topliss-reactive ketones (excluding diaryl/α,β-unsaturated/α-hetero) is 1. The summed E-state index contributed by atoms with van der Waals surface area (Å²) in [6, 6.07) is 0.317. The van der Waals surface area contributed by atoms with Gasteiger partial charge in [-0.2, -0.15) is 0 Å². The Morgan fingerprint density at radius 2 is 1.86 bits per heavy atom. The molecule has 0 aromatic heterocycles. The van der Waals surface area contributed by atoms with E-state index in [1.165, 1.54) is 0 Å². The molecular formula is C16H31N3O3. The standard InChI is InChI=1S/C16H31N3O3/c1-12(2)18-10-14(20)11-19(13-6-8-17-9-7-13)15(21)22-16(3,4)5/h12-13,17-18H,6-11H2,1-5H3. The molecule has 6 heteroatoms. The van der Waals surface area contributed by atoms with E-state index in [0.29, 0.717) is 0 Å². The Balaban J connectivity index is 2.68. The average molecular weight is 313 g/mol. The fourth-order valence-corrected chi connectivity index (χ4v) is 2.35. The van der Waals surface area contributed by atoms with Crippen molar-refractivity contribution in [2.24, 2.45) is 0 Å². The van der Waals surface area contributed by atoms with Crippen LogP contribution >= 0.6 is 0 Å². The van der Waals surface area contributed by atoms with Gasteiger partial charge in [0, 0.05) is 12.1 Å². The maximum atomic E-state index is 12.4. The largest absolute Gasteiger partial charge is 0.444 e. The number of amides is 1. The molecule has 0 atom stereocenters. The quantitative estimate of drug-likeness (QED) is 0.778. The predicted octanol–water partition coefficient (Wildman–Crippen LogP) is 1.54. The Morgan fingerprint density at radius 1 is 1.27 bits per heavy atom. The smallest absolute Gasteiger partial charge is 0.410 e. The molecule has 1 heterocycles. The summed E-state index contributed by atoms with van der Waals surface area (Å²) in [7, 11) is 0. The number of hydrogen-bond donors (Lipinski definition) is 2. The van der Waals surface area contributed by atoms with Crippen molar-refractivity contribution in [1.82, 2.24) is 15.5 Å². The van der Waals surface area contributed by atoms with Crippen LogP contribution in [0.2, 0.25) is 0 Å². The third-order valence-electron chi connectivity index (χ3n) is 3.43. The highest BCUT2D eigenvalue weighted by atomic mass is 16.6. The third kappa shape index (κ3) is 7.22. The molecule has 22 heavy (non-hydrogen) atoms. The Labute approximate surface area is 134 Å². The van der Waals surface area contributed by atoms with E-state index in [1.807, 2.05) is 34.6 Å². The minimum atomic E-state index is -0.554. The van der Waals surface area contributed by atoms with Crippen molar-refractivity contribution in [3.63, 3.8) is 0 Å². The van der Waals surface area contributed by atoms with Crippen molar-refractivity contribution in [1.29, 1.82) is 0 Å². The van der Waals surface area contributed by atoms with E-state index in [-0.39, 0.29) is 31.0 Å². The minimum absolute atomic E-state index is 0.0121. The maximum Gasteiger partial charge on any atom is 0.410 e. The Morgan fingerprint density at radius 3 is 2.36 bits per heavy atom. The fraction of sp³-hybridized carbons (Fsp3) is 0.875. The monoisotopic (exact) mass is 313 g/mol. The van der Waals surface area contributed by atoms with Crippen LogP contribution in [-0.4, -0.2) is 60.6 Å². The first kappa shape index (κ1) is 18.9. The van der Waals surface area contributed by atoms with Crippen LogP contribution in [-0.2, 0) is 9.53 Å². The lowest BCUT2D eigenvalue weighted by atomic mass is 10.0. The van der Waals surface area contributed by atoms with Gasteiger partial charge in [0.25, 0.3) is 0 Å². The number of hydrogen-bond acceptors (Lipinski definition) is 5. The van der Waals surface area contributed by atoms with Crippen molar-refractivity contribution >= 4 is 11.9 Å². The number of rotatable bonds is 6. The highest BCUT2D eigenvalue weighted by molar-refractivity contribution is 5.85. The lowest BCUT2D eigenvalue weighted by Gasteiger charge is -2.35. The Bertz CT molecular complexity index is 371. The summed E-state index contributed by atoms with van der Waals surface area (Å²) >= 11 is 0. The van der Waals surface area contributed by atoms with Crippen LogP contribution in [0.3, 0.4) is 0 Å². The second-order valence-electron chi connectivity index (χ2n) is 7.16. The van der Waals surface area contributed by atoms with Crippen LogP contribution in [0.15, 0.2) is 0 Å².